The molecule has 0 amide bonds. The summed E-state index contributed by atoms with van der Waals surface area (Å²) < 4.78 is 8.63. The Morgan fingerprint density at radius 1 is 1.20 bits per heavy atom. The minimum absolute atomic E-state index is 0.100. The Bertz CT molecular complexity index is 1500. The number of hydrogen-bond acceptors (Lipinski definition) is 7. The van der Waals surface area contributed by atoms with Crippen molar-refractivity contribution in [1.82, 2.24) is 28.7 Å². The summed E-state index contributed by atoms with van der Waals surface area (Å²) in [4.78, 5) is 59.6. The van der Waals surface area contributed by atoms with Crippen molar-refractivity contribution in [3.8, 4) is 0 Å². The molecule has 3 heterocycles. The van der Waals surface area contributed by atoms with Crippen molar-refractivity contribution >= 4 is 39.6 Å². The molecular weight excluding hydrogens is 416 g/mol. The van der Waals surface area contributed by atoms with Crippen LogP contribution in [0.25, 0.3) is 22.1 Å². The van der Waals surface area contributed by atoms with Gasteiger partial charge in [-0.1, -0.05) is 11.6 Å². The van der Waals surface area contributed by atoms with Crippen molar-refractivity contribution in [1.29, 1.82) is 0 Å². The highest BCUT2D eigenvalue weighted by Crippen LogP contribution is 2.14. The van der Waals surface area contributed by atoms with Gasteiger partial charge in [-0.25, -0.2) is 14.8 Å². The number of hydrogen-bond donors (Lipinski definition) is 1. The summed E-state index contributed by atoms with van der Waals surface area (Å²) in [6, 6.07) is 4.67. The molecule has 0 saturated carbocycles. The number of carbonyl (C=O) groups is 1. The van der Waals surface area contributed by atoms with Crippen LogP contribution in [0.5, 0.6) is 0 Å². The number of aromatic amines is 1. The summed E-state index contributed by atoms with van der Waals surface area (Å²) in [5.41, 5.74) is -0.839. The maximum absolute atomic E-state index is 12.4. The Balaban J connectivity index is 1.56. The molecule has 0 atom stereocenters. The third-order valence-electron chi connectivity index (χ3n) is 4.60. The number of imidazole rings is 1. The van der Waals surface area contributed by atoms with Gasteiger partial charge in [0.25, 0.3) is 11.1 Å². The molecule has 0 radical (unpaired) electrons. The monoisotopic (exact) mass is 430 g/mol. The summed E-state index contributed by atoms with van der Waals surface area (Å²) in [5, 5.41) is 0.785. The maximum Gasteiger partial charge on any atom is 0.332 e. The predicted molar refractivity (Wildman–Crippen MR) is 107 cm³/mol. The van der Waals surface area contributed by atoms with E-state index < -0.39 is 17.2 Å². The molecule has 30 heavy (non-hydrogen) atoms. The van der Waals surface area contributed by atoms with E-state index in [2.05, 4.69) is 15.0 Å². The Morgan fingerprint density at radius 3 is 2.73 bits per heavy atom. The lowest BCUT2D eigenvalue weighted by molar-refractivity contribution is -0.145. The lowest BCUT2D eigenvalue weighted by Crippen LogP contribution is -2.37. The molecule has 0 aliphatic heterocycles. The molecule has 4 aromatic rings. The third kappa shape index (κ3) is 3.28. The molecule has 0 saturated heterocycles. The minimum Gasteiger partial charge on any atom is -0.456 e. The molecule has 1 N–H and O–H groups in total. The summed E-state index contributed by atoms with van der Waals surface area (Å²) in [6.45, 7) is -0.590. The van der Waals surface area contributed by atoms with E-state index in [0.29, 0.717) is 15.9 Å². The maximum atomic E-state index is 12.4. The van der Waals surface area contributed by atoms with Gasteiger partial charge in [0, 0.05) is 19.1 Å². The molecule has 0 fully saturated rings. The smallest absolute Gasteiger partial charge is 0.332 e. The number of carbonyl (C=O) groups excluding carboxylic acids is 1. The molecule has 0 unspecified atom stereocenters. The van der Waals surface area contributed by atoms with Crippen molar-refractivity contribution in [3.05, 3.63) is 66.6 Å². The van der Waals surface area contributed by atoms with Crippen LogP contribution in [0.4, 0.5) is 0 Å². The van der Waals surface area contributed by atoms with Crippen molar-refractivity contribution in [2.75, 3.05) is 0 Å². The normalized spacial score (nSPS) is 11.3. The van der Waals surface area contributed by atoms with Gasteiger partial charge in [-0.05, 0) is 18.2 Å². The van der Waals surface area contributed by atoms with Gasteiger partial charge in [0.15, 0.2) is 11.2 Å². The van der Waals surface area contributed by atoms with Crippen LogP contribution in [-0.4, -0.2) is 34.6 Å². The highest BCUT2D eigenvalue weighted by molar-refractivity contribution is 6.31. The molecule has 4 rings (SSSR count). The Morgan fingerprint density at radius 2 is 1.97 bits per heavy atom. The molecule has 154 valence electrons. The molecule has 0 aliphatic carbocycles. The van der Waals surface area contributed by atoms with Gasteiger partial charge in [-0.2, -0.15) is 0 Å². The number of rotatable bonds is 4. The molecule has 3 aromatic heterocycles. The summed E-state index contributed by atoms with van der Waals surface area (Å²) in [6.07, 6.45) is 1.28. The van der Waals surface area contributed by atoms with Crippen molar-refractivity contribution in [2.45, 2.75) is 13.2 Å². The van der Waals surface area contributed by atoms with Crippen molar-refractivity contribution in [3.63, 3.8) is 0 Å². The van der Waals surface area contributed by atoms with Gasteiger partial charge in [0.1, 0.15) is 19.0 Å². The quantitative estimate of drug-likeness (QED) is 0.452. The van der Waals surface area contributed by atoms with E-state index >= 15 is 0 Å². The zero-order chi connectivity index (χ0) is 21.6. The number of esters is 1. The lowest BCUT2D eigenvalue weighted by atomic mass is 10.2. The van der Waals surface area contributed by atoms with Crippen LogP contribution in [0.15, 0.2) is 38.9 Å². The van der Waals surface area contributed by atoms with Crippen LogP contribution in [0, 0.1) is 0 Å². The van der Waals surface area contributed by atoms with Crippen molar-refractivity contribution in [2.24, 2.45) is 14.1 Å². The number of H-pyrrole nitrogens is 1. The number of aryl methyl sites for hydroxylation is 1. The van der Waals surface area contributed by atoms with E-state index in [1.165, 1.54) is 35.6 Å². The highest BCUT2D eigenvalue weighted by Gasteiger charge is 2.17. The fourth-order valence-electron chi connectivity index (χ4n) is 3.08. The summed E-state index contributed by atoms with van der Waals surface area (Å²) in [5.74, 6) is -0.532. The zero-order valence-corrected chi connectivity index (χ0v) is 16.6. The van der Waals surface area contributed by atoms with Crippen LogP contribution >= 0.6 is 11.6 Å². The number of nitrogens with one attached hydrogen (secondary N) is 1. The topological polar surface area (TPSA) is 134 Å². The highest BCUT2D eigenvalue weighted by atomic mass is 35.5. The molecule has 12 heteroatoms. The van der Waals surface area contributed by atoms with Gasteiger partial charge in [-0.15, -0.1) is 0 Å². The van der Waals surface area contributed by atoms with E-state index in [1.807, 2.05) is 0 Å². The Kier molecular flexibility index (Phi) is 4.74. The fraction of sp³-hybridized carbons (Fsp3) is 0.222. The molecular formula is C18H15ClN6O5. The van der Waals surface area contributed by atoms with E-state index in [4.69, 9.17) is 16.3 Å². The van der Waals surface area contributed by atoms with Gasteiger partial charge >= 0.3 is 11.7 Å². The Hall–Kier alpha value is -3.73. The fourth-order valence-corrected chi connectivity index (χ4v) is 3.25. The first-order valence-corrected chi connectivity index (χ1v) is 9.09. The number of nitrogens with zero attached hydrogens (tertiary/aromatic N) is 5. The number of ether oxygens (including phenoxy) is 1. The van der Waals surface area contributed by atoms with Crippen LogP contribution in [0.1, 0.15) is 5.82 Å². The predicted octanol–water partition coefficient (Wildman–Crippen LogP) is 0.0670. The average Bonchev–Trinajstić information content (AvgIpc) is 3.12. The van der Waals surface area contributed by atoms with Gasteiger partial charge in [0.05, 0.1) is 17.2 Å². The first-order valence-electron chi connectivity index (χ1n) is 8.71. The van der Waals surface area contributed by atoms with Crippen LogP contribution in [-0.2, 0) is 36.8 Å². The second-order valence-corrected chi connectivity index (χ2v) is 7.02. The third-order valence-corrected chi connectivity index (χ3v) is 4.84. The van der Waals surface area contributed by atoms with Gasteiger partial charge < -0.3 is 14.3 Å². The molecule has 11 nitrogen and oxygen atoms in total. The van der Waals surface area contributed by atoms with E-state index in [0.717, 1.165) is 4.57 Å². The van der Waals surface area contributed by atoms with Crippen LogP contribution < -0.4 is 16.8 Å². The number of aromatic nitrogens is 6. The summed E-state index contributed by atoms with van der Waals surface area (Å²) in [7, 11) is 2.82. The molecule has 0 bridgehead atoms. The van der Waals surface area contributed by atoms with E-state index in [1.54, 1.807) is 12.1 Å². The van der Waals surface area contributed by atoms with Crippen LogP contribution in [0.2, 0.25) is 5.02 Å². The second-order valence-electron chi connectivity index (χ2n) is 6.59. The van der Waals surface area contributed by atoms with Crippen molar-refractivity contribution < 1.29 is 9.53 Å². The summed E-state index contributed by atoms with van der Waals surface area (Å²) >= 11 is 5.93. The minimum atomic E-state index is -0.681. The van der Waals surface area contributed by atoms with E-state index in [9.17, 15) is 19.2 Å². The first-order chi connectivity index (χ1) is 14.3. The molecule has 0 spiro atoms. The molecule has 1 aromatic carbocycles. The SMILES string of the molecule is Cn1c(=O)c2c(ncn2CC(=O)OCc2nc3cc(Cl)ccc3c(=O)[nH]2)n(C)c1=O. The second kappa shape index (κ2) is 7.26. The molecule has 0 aliphatic rings. The number of fused-ring (bicyclic) bond motifs is 2. The lowest BCUT2D eigenvalue weighted by Gasteiger charge is -2.08. The number of benzene rings is 1. The van der Waals surface area contributed by atoms with E-state index in [-0.39, 0.29) is 35.7 Å². The first kappa shape index (κ1) is 19.6. The van der Waals surface area contributed by atoms with Crippen LogP contribution in [0.3, 0.4) is 0 Å². The Labute approximate surface area is 172 Å². The van der Waals surface area contributed by atoms with Gasteiger partial charge in [0.2, 0.25) is 0 Å². The largest absolute Gasteiger partial charge is 0.456 e. The van der Waals surface area contributed by atoms with Gasteiger partial charge in [-0.3, -0.25) is 23.5 Å². The standard InChI is InChI=1S/C18H15ClN6O5/c1-23-15-14(17(28)24(2)18(23)29)25(8-20-15)6-13(26)30-7-12-21-11-5-9(19)3-4-10(11)16(27)22-12/h3-5,8H,6-7H2,1-2H3,(H,21,22,27). The average molecular weight is 431 g/mol. The zero-order valence-electron chi connectivity index (χ0n) is 15.9. The number of halogens is 1.